The van der Waals surface area contributed by atoms with E-state index in [-0.39, 0.29) is 5.82 Å². The molecule has 4 aromatic rings. The summed E-state index contributed by atoms with van der Waals surface area (Å²) in [4.78, 5) is 10.9. The maximum Gasteiger partial charge on any atom is 0.245 e. The molecule has 0 unspecified atom stereocenters. The highest BCUT2D eigenvalue weighted by atomic mass is 19.1. The number of nitrogens with zero attached hydrogens (tertiary/aromatic N) is 5. The zero-order valence-corrected chi connectivity index (χ0v) is 14.2. The van der Waals surface area contributed by atoms with Crippen LogP contribution in [0.5, 0.6) is 0 Å². The summed E-state index contributed by atoms with van der Waals surface area (Å²) in [6.07, 6.45) is 3.36. The van der Waals surface area contributed by atoms with Crippen molar-refractivity contribution in [2.45, 2.75) is 6.54 Å². The van der Waals surface area contributed by atoms with Gasteiger partial charge in [-0.3, -0.25) is 4.98 Å². The molecule has 0 radical (unpaired) electrons. The highest BCUT2D eigenvalue weighted by molar-refractivity contribution is 5.82. The summed E-state index contributed by atoms with van der Waals surface area (Å²) in [6.45, 7) is 0.623. The minimum Gasteiger partial charge on any atom is -0.338 e. The van der Waals surface area contributed by atoms with Gasteiger partial charge >= 0.3 is 0 Å². The molecule has 0 N–H and O–H groups in total. The summed E-state index contributed by atoms with van der Waals surface area (Å²) in [5.74, 6) is 0.227. The Kier molecular flexibility index (Phi) is 4.23. The summed E-state index contributed by atoms with van der Waals surface area (Å²) in [6, 6.07) is 16.2. The number of benzene rings is 2. The summed E-state index contributed by atoms with van der Waals surface area (Å²) in [7, 11) is 1.92. The zero-order chi connectivity index (χ0) is 17.9. The van der Waals surface area contributed by atoms with E-state index in [1.807, 2.05) is 30.1 Å². The molecule has 0 aliphatic carbocycles. The van der Waals surface area contributed by atoms with Gasteiger partial charge < -0.3 is 4.90 Å². The van der Waals surface area contributed by atoms with Crippen LogP contribution in [-0.4, -0.2) is 27.2 Å². The van der Waals surface area contributed by atoms with E-state index in [9.17, 15) is 4.39 Å². The summed E-state index contributed by atoms with van der Waals surface area (Å²) in [5, 5.41) is 9.28. The fourth-order valence-corrected chi connectivity index (χ4v) is 2.85. The molecule has 0 spiro atoms. The Hall–Kier alpha value is -3.41. The topological polar surface area (TPSA) is 54.8 Å². The fraction of sp³-hybridized carbons (Fsp3) is 0.100. The Morgan fingerprint density at radius 3 is 2.69 bits per heavy atom. The lowest BCUT2D eigenvalue weighted by atomic mass is 10.1. The van der Waals surface area contributed by atoms with Gasteiger partial charge in [0.15, 0.2) is 0 Å². The molecule has 0 saturated heterocycles. The monoisotopic (exact) mass is 345 g/mol. The van der Waals surface area contributed by atoms with Crippen LogP contribution in [0.15, 0.2) is 67.0 Å². The van der Waals surface area contributed by atoms with Gasteiger partial charge in [-0.15, -0.1) is 5.10 Å². The quantitative estimate of drug-likeness (QED) is 0.562. The molecule has 0 aliphatic rings. The van der Waals surface area contributed by atoms with E-state index in [0.29, 0.717) is 18.2 Å². The van der Waals surface area contributed by atoms with Crippen molar-refractivity contribution >= 4 is 16.9 Å². The second-order valence-corrected chi connectivity index (χ2v) is 5.99. The largest absolute Gasteiger partial charge is 0.338 e. The first-order valence-electron chi connectivity index (χ1n) is 8.20. The number of hydrogen-bond acceptors (Lipinski definition) is 5. The van der Waals surface area contributed by atoms with Crippen molar-refractivity contribution in [3.8, 4) is 11.3 Å². The number of fused-ring (bicyclic) bond motifs is 1. The Bertz CT molecular complexity index is 1040. The third-order valence-electron chi connectivity index (χ3n) is 4.17. The van der Waals surface area contributed by atoms with Gasteiger partial charge in [0.2, 0.25) is 5.95 Å². The first-order valence-corrected chi connectivity index (χ1v) is 8.20. The maximum atomic E-state index is 13.1. The molecule has 0 amide bonds. The van der Waals surface area contributed by atoms with Crippen LogP contribution in [0, 0.1) is 5.82 Å². The highest BCUT2D eigenvalue weighted by Crippen LogP contribution is 2.21. The lowest BCUT2D eigenvalue weighted by Gasteiger charge is -2.18. The number of pyridine rings is 1. The van der Waals surface area contributed by atoms with Crippen molar-refractivity contribution in [2.75, 3.05) is 11.9 Å². The van der Waals surface area contributed by atoms with E-state index in [1.54, 1.807) is 24.5 Å². The first-order chi connectivity index (χ1) is 12.7. The summed E-state index contributed by atoms with van der Waals surface area (Å²) in [5.41, 5.74) is 3.54. The summed E-state index contributed by atoms with van der Waals surface area (Å²) < 4.78 is 13.1. The SMILES string of the molecule is CN(Cc1cccc2ncccc12)c1nncc(-c2ccc(F)cc2)n1. The molecule has 2 aromatic heterocycles. The molecule has 0 aliphatic heterocycles. The Morgan fingerprint density at radius 1 is 1.00 bits per heavy atom. The molecule has 0 saturated carbocycles. The molecular formula is C20H16FN5. The van der Waals surface area contributed by atoms with Crippen LogP contribution in [0.25, 0.3) is 22.2 Å². The fourth-order valence-electron chi connectivity index (χ4n) is 2.85. The van der Waals surface area contributed by atoms with Gasteiger partial charge in [0.25, 0.3) is 0 Å². The number of anilines is 1. The zero-order valence-electron chi connectivity index (χ0n) is 14.2. The van der Waals surface area contributed by atoms with Crippen LogP contribution < -0.4 is 4.90 Å². The minimum absolute atomic E-state index is 0.280. The predicted molar refractivity (Wildman–Crippen MR) is 99.1 cm³/mol. The van der Waals surface area contributed by atoms with E-state index in [0.717, 1.165) is 22.0 Å². The highest BCUT2D eigenvalue weighted by Gasteiger charge is 2.10. The molecule has 6 heteroatoms. The molecule has 2 heterocycles. The third-order valence-corrected chi connectivity index (χ3v) is 4.17. The Labute approximate surface area is 150 Å². The standard InChI is InChI=1S/C20H16FN5/c1-26(13-15-4-2-6-18-17(15)5-3-11-22-18)20-24-19(12-23-25-20)14-7-9-16(21)10-8-14/h2-12H,13H2,1H3. The molecule has 5 nitrogen and oxygen atoms in total. The van der Waals surface area contributed by atoms with Crippen molar-refractivity contribution < 1.29 is 4.39 Å². The first kappa shape index (κ1) is 16.1. The number of rotatable bonds is 4. The van der Waals surface area contributed by atoms with Crippen LogP contribution in [0.2, 0.25) is 0 Å². The van der Waals surface area contributed by atoms with Crippen LogP contribution in [0.4, 0.5) is 10.3 Å². The molecule has 0 bridgehead atoms. The smallest absolute Gasteiger partial charge is 0.245 e. The lowest BCUT2D eigenvalue weighted by molar-refractivity contribution is 0.628. The maximum absolute atomic E-state index is 13.1. The van der Waals surface area contributed by atoms with Crippen molar-refractivity contribution in [3.63, 3.8) is 0 Å². The van der Waals surface area contributed by atoms with Gasteiger partial charge in [-0.2, -0.15) is 5.10 Å². The van der Waals surface area contributed by atoms with E-state index < -0.39 is 0 Å². The third kappa shape index (κ3) is 3.21. The second-order valence-electron chi connectivity index (χ2n) is 5.99. The number of aromatic nitrogens is 4. The molecule has 128 valence electrons. The van der Waals surface area contributed by atoms with E-state index in [1.165, 1.54) is 12.1 Å². The molecule has 2 aromatic carbocycles. The Balaban J connectivity index is 1.63. The van der Waals surface area contributed by atoms with Gasteiger partial charge in [0, 0.05) is 30.7 Å². The minimum atomic E-state index is -0.280. The van der Waals surface area contributed by atoms with Gasteiger partial charge in [-0.25, -0.2) is 9.37 Å². The molecular weight excluding hydrogens is 329 g/mol. The lowest BCUT2D eigenvalue weighted by Crippen LogP contribution is -2.20. The summed E-state index contributed by atoms with van der Waals surface area (Å²) >= 11 is 0. The molecule has 4 rings (SSSR count). The number of hydrogen-bond donors (Lipinski definition) is 0. The number of halogens is 1. The van der Waals surface area contributed by atoms with E-state index in [2.05, 4.69) is 32.3 Å². The normalized spacial score (nSPS) is 10.8. The van der Waals surface area contributed by atoms with Crippen LogP contribution in [0.3, 0.4) is 0 Å². The van der Waals surface area contributed by atoms with Crippen molar-refractivity contribution in [1.82, 2.24) is 20.2 Å². The van der Waals surface area contributed by atoms with Crippen LogP contribution in [-0.2, 0) is 6.54 Å². The van der Waals surface area contributed by atoms with Gasteiger partial charge in [-0.1, -0.05) is 18.2 Å². The van der Waals surface area contributed by atoms with Crippen molar-refractivity contribution in [1.29, 1.82) is 0 Å². The van der Waals surface area contributed by atoms with Gasteiger partial charge in [0.1, 0.15) is 5.82 Å². The van der Waals surface area contributed by atoms with Crippen molar-refractivity contribution in [3.05, 3.63) is 78.4 Å². The van der Waals surface area contributed by atoms with Gasteiger partial charge in [-0.05, 0) is 42.0 Å². The van der Waals surface area contributed by atoms with Gasteiger partial charge in [0.05, 0.1) is 17.4 Å². The van der Waals surface area contributed by atoms with E-state index >= 15 is 0 Å². The second kappa shape index (κ2) is 6.84. The van der Waals surface area contributed by atoms with Crippen molar-refractivity contribution in [2.24, 2.45) is 0 Å². The Morgan fingerprint density at radius 2 is 1.85 bits per heavy atom. The molecule has 26 heavy (non-hydrogen) atoms. The molecule has 0 atom stereocenters. The average Bonchev–Trinajstić information content (AvgIpc) is 2.69. The van der Waals surface area contributed by atoms with E-state index in [4.69, 9.17) is 0 Å². The van der Waals surface area contributed by atoms with Crippen LogP contribution in [0.1, 0.15) is 5.56 Å². The van der Waals surface area contributed by atoms with Crippen LogP contribution >= 0.6 is 0 Å². The molecule has 0 fully saturated rings. The average molecular weight is 345 g/mol. The predicted octanol–water partition coefficient (Wildman–Crippen LogP) is 3.86.